The Morgan fingerprint density at radius 3 is 2.42 bits per heavy atom. The van der Waals surface area contributed by atoms with Crippen LogP contribution in [0.25, 0.3) is 0 Å². The van der Waals surface area contributed by atoms with E-state index in [2.05, 4.69) is 20.1 Å². The predicted molar refractivity (Wildman–Crippen MR) is 82.4 cm³/mol. The second kappa shape index (κ2) is 8.26. The minimum absolute atomic E-state index is 0.126. The molecule has 1 aromatic rings. The quantitative estimate of drug-likeness (QED) is 0.582. The van der Waals surface area contributed by atoms with Gasteiger partial charge in [-0.15, -0.1) is 0 Å². The lowest BCUT2D eigenvalue weighted by atomic mass is 10.2. The van der Waals surface area contributed by atoms with Gasteiger partial charge in [0.1, 0.15) is 6.04 Å². The Balaban J connectivity index is 2.82. The van der Waals surface area contributed by atoms with Gasteiger partial charge in [0.2, 0.25) is 10.0 Å². The van der Waals surface area contributed by atoms with Crippen molar-refractivity contribution in [1.29, 1.82) is 0 Å². The van der Waals surface area contributed by atoms with Gasteiger partial charge in [0.15, 0.2) is 0 Å². The highest BCUT2D eigenvalue weighted by Gasteiger charge is 2.25. The van der Waals surface area contributed by atoms with E-state index in [0.29, 0.717) is 0 Å². The Morgan fingerprint density at radius 1 is 1.21 bits per heavy atom. The number of rotatable bonds is 6. The standard InChI is InChI=1S/C13H17N3O7S/c1-22-11(17)7-10(12(18)23-2)16-13(19)15-8-4-3-5-9(6-8)24(14,20)21/h3-6,10H,7H2,1-2H3,(H2,14,20,21)(H2,15,16,19). The molecule has 1 rings (SSSR count). The first kappa shape index (κ1) is 19.4. The maximum Gasteiger partial charge on any atom is 0.329 e. The third kappa shape index (κ3) is 5.85. The Bertz CT molecular complexity index is 733. The number of methoxy groups -OCH3 is 2. The van der Waals surface area contributed by atoms with Crippen LogP contribution >= 0.6 is 0 Å². The maximum absolute atomic E-state index is 11.9. The number of carbonyl (C=O) groups is 3. The smallest absolute Gasteiger partial charge is 0.329 e. The normalized spacial score (nSPS) is 12.0. The Kier molecular flexibility index (Phi) is 6.68. The van der Waals surface area contributed by atoms with Crippen LogP contribution in [-0.4, -0.2) is 46.6 Å². The molecule has 0 aliphatic rings. The van der Waals surface area contributed by atoms with Gasteiger partial charge in [0.25, 0.3) is 0 Å². The molecule has 0 radical (unpaired) electrons. The van der Waals surface area contributed by atoms with E-state index in [0.717, 1.165) is 20.3 Å². The van der Waals surface area contributed by atoms with E-state index in [1.807, 2.05) is 0 Å². The first-order valence-electron chi connectivity index (χ1n) is 6.52. The summed E-state index contributed by atoms with van der Waals surface area (Å²) in [6, 6.07) is 3.09. The fraction of sp³-hybridized carbons (Fsp3) is 0.308. The van der Waals surface area contributed by atoms with Crippen LogP contribution in [0, 0.1) is 0 Å². The molecule has 0 fully saturated rings. The van der Waals surface area contributed by atoms with Crippen LogP contribution in [0.4, 0.5) is 10.5 Å². The number of esters is 2. The third-order valence-corrected chi connectivity index (χ3v) is 3.72. The van der Waals surface area contributed by atoms with Gasteiger partial charge in [-0.25, -0.2) is 23.1 Å². The topological polar surface area (TPSA) is 154 Å². The van der Waals surface area contributed by atoms with E-state index < -0.39 is 40.5 Å². The average Bonchev–Trinajstić information content (AvgIpc) is 2.52. The van der Waals surface area contributed by atoms with Crippen LogP contribution < -0.4 is 15.8 Å². The molecule has 24 heavy (non-hydrogen) atoms. The van der Waals surface area contributed by atoms with Crippen LogP contribution in [0.5, 0.6) is 0 Å². The zero-order chi connectivity index (χ0) is 18.3. The van der Waals surface area contributed by atoms with Crippen LogP contribution in [0.1, 0.15) is 6.42 Å². The number of ether oxygens (including phenoxy) is 2. The average molecular weight is 359 g/mol. The highest BCUT2D eigenvalue weighted by Crippen LogP contribution is 2.14. The monoisotopic (exact) mass is 359 g/mol. The molecule has 0 saturated heterocycles. The van der Waals surface area contributed by atoms with Gasteiger partial charge in [-0.1, -0.05) is 6.07 Å². The number of carbonyl (C=O) groups excluding carboxylic acids is 3. The number of primary sulfonamides is 1. The number of sulfonamides is 1. The lowest BCUT2D eigenvalue weighted by Gasteiger charge is -2.16. The van der Waals surface area contributed by atoms with E-state index in [1.165, 1.54) is 18.2 Å². The maximum atomic E-state index is 11.9. The number of benzene rings is 1. The Hall–Kier alpha value is -2.66. The van der Waals surface area contributed by atoms with Crippen molar-refractivity contribution in [2.75, 3.05) is 19.5 Å². The molecule has 1 aromatic carbocycles. The van der Waals surface area contributed by atoms with Gasteiger partial charge in [-0.05, 0) is 18.2 Å². The summed E-state index contributed by atoms with van der Waals surface area (Å²) in [4.78, 5) is 34.5. The van der Waals surface area contributed by atoms with Crippen molar-refractivity contribution in [3.05, 3.63) is 24.3 Å². The summed E-state index contributed by atoms with van der Waals surface area (Å²) in [5.41, 5.74) is 0.126. The lowest BCUT2D eigenvalue weighted by molar-refractivity contribution is -0.149. The van der Waals surface area contributed by atoms with Crippen LogP contribution in [0.15, 0.2) is 29.2 Å². The molecule has 10 nitrogen and oxygen atoms in total. The Morgan fingerprint density at radius 2 is 1.88 bits per heavy atom. The molecule has 1 unspecified atom stereocenters. The van der Waals surface area contributed by atoms with Crippen molar-refractivity contribution in [1.82, 2.24) is 5.32 Å². The van der Waals surface area contributed by atoms with Crippen LogP contribution in [0.2, 0.25) is 0 Å². The molecule has 0 saturated carbocycles. The number of nitrogens with two attached hydrogens (primary N) is 1. The largest absolute Gasteiger partial charge is 0.469 e. The molecule has 0 bridgehead atoms. The molecule has 0 aliphatic carbocycles. The number of hydrogen-bond donors (Lipinski definition) is 3. The molecule has 0 aliphatic heterocycles. The zero-order valence-electron chi connectivity index (χ0n) is 12.9. The molecule has 132 valence electrons. The highest BCUT2D eigenvalue weighted by atomic mass is 32.2. The first-order chi connectivity index (χ1) is 11.2. The van der Waals surface area contributed by atoms with Gasteiger partial charge >= 0.3 is 18.0 Å². The van der Waals surface area contributed by atoms with Gasteiger partial charge in [-0.3, -0.25) is 4.79 Å². The number of anilines is 1. The van der Waals surface area contributed by atoms with E-state index in [1.54, 1.807) is 0 Å². The molecule has 0 spiro atoms. The fourth-order valence-electron chi connectivity index (χ4n) is 1.66. The third-order valence-electron chi connectivity index (χ3n) is 2.81. The summed E-state index contributed by atoms with van der Waals surface area (Å²) >= 11 is 0. The van der Waals surface area contributed by atoms with Crippen molar-refractivity contribution >= 4 is 33.7 Å². The van der Waals surface area contributed by atoms with Gasteiger partial charge in [0, 0.05) is 5.69 Å². The molecular weight excluding hydrogens is 342 g/mol. The van der Waals surface area contributed by atoms with Gasteiger partial charge in [0.05, 0.1) is 25.5 Å². The second-order valence-corrected chi connectivity index (χ2v) is 6.09. The molecule has 0 aromatic heterocycles. The van der Waals surface area contributed by atoms with Crippen LogP contribution in [0.3, 0.4) is 0 Å². The molecular formula is C13H17N3O7S. The molecule has 0 heterocycles. The molecule has 11 heteroatoms. The number of hydrogen-bond acceptors (Lipinski definition) is 7. The van der Waals surface area contributed by atoms with E-state index in [9.17, 15) is 22.8 Å². The molecule has 2 amide bonds. The molecule has 1 atom stereocenters. The van der Waals surface area contributed by atoms with Crippen molar-refractivity contribution in [2.45, 2.75) is 17.4 Å². The number of urea groups is 1. The number of nitrogens with one attached hydrogen (secondary N) is 2. The number of amides is 2. The molecule has 4 N–H and O–H groups in total. The minimum atomic E-state index is -3.93. The summed E-state index contributed by atoms with van der Waals surface area (Å²) in [5.74, 6) is -1.56. The van der Waals surface area contributed by atoms with Crippen molar-refractivity contribution in [3.8, 4) is 0 Å². The van der Waals surface area contributed by atoms with E-state index >= 15 is 0 Å². The summed E-state index contributed by atoms with van der Waals surface area (Å²) in [6.45, 7) is 0. The second-order valence-electron chi connectivity index (χ2n) is 4.53. The van der Waals surface area contributed by atoms with Gasteiger partial charge in [-0.2, -0.15) is 0 Å². The summed E-state index contributed by atoms with van der Waals surface area (Å²) in [5, 5.41) is 9.56. The highest BCUT2D eigenvalue weighted by molar-refractivity contribution is 7.89. The SMILES string of the molecule is COC(=O)CC(NC(=O)Nc1cccc(S(N)(=O)=O)c1)C(=O)OC. The summed E-state index contributed by atoms with van der Waals surface area (Å²) in [6.07, 6.45) is -0.423. The summed E-state index contributed by atoms with van der Waals surface area (Å²) in [7, 11) is -1.69. The van der Waals surface area contributed by atoms with E-state index in [-0.39, 0.29) is 10.6 Å². The minimum Gasteiger partial charge on any atom is -0.469 e. The van der Waals surface area contributed by atoms with Crippen molar-refractivity contribution in [3.63, 3.8) is 0 Å². The Labute approximate surface area is 138 Å². The summed E-state index contributed by atoms with van der Waals surface area (Å²) < 4.78 is 31.5. The van der Waals surface area contributed by atoms with E-state index in [4.69, 9.17) is 5.14 Å². The predicted octanol–water partition coefficient (Wildman–Crippen LogP) is -0.440. The van der Waals surface area contributed by atoms with Crippen LogP contribution in [-0.2, 0) is 29.1 Å². The lowest BCUT2D eigenvalue weighted by Crippen LogP contribution is -2.45. The zero-order valence-corrected chi connectivity index (χ0v) is 13.8. The first-order valence-corrected chi connectivity index (χ1v) is 8.07. The van der Waals surface area contributed by atoms with Crippen molar-refractivity contribution < 1.29 is 32.3 Å². The fourth-order valence-corrected chi connectivity index (χ4v) is 2.22. The van der Waals surface area contributed by atoms with Gasteiger partial charge < -0.3 is 20.1 Å². The van der Waals surface area contributed by atoms with Crippen molar-refractivity contribution in [2.24, 2.45) is 5.14 Å².